The number of rotatable bonds is 4. The molecule has 0 radical (unpaired) electrons. The van der Waals surface area contributed by atoms with Crippen LogP contribution in [0.25, 0.3) is 0 Å². The van der Waals surface area contributed by atoms with Gasteiger partial charge in [-0.15, -0.1) is 0 Å². The van der Waals surface area contributed by atoms with Gasteiger partial charge in [0.2, 0.25) is 0 Å². The highest BCUT2D eigenvalue weighted by Gasteiger charge is 2.36. The highest BCUT2D eigenvalue weighted by atomic mass is 32.3. The van der Waals surface area contributed by atoms with Crippen molar-refractivity contribution in [3.63, 3.8) is 0 Å². The van der Waals surface area contributed by atoms with Crippen molar-refractivity contribution in [3.05, 3.63) is 0 Å². The van der Waals surface area contributed by atoms with E-state index < -0.39 is 29.1 Å². The first-order chi connectivity index (χ1) is 5.10. The largest absolute Gasteiger partial charge is 0.735 e. The molecule has 0 bridgehead atoms. The summed E-state index contributed by atoms with van der Waals surface area (Å²) in [7, 11) is -13.8. The molecule has 0 heterocycles. The quantitative estimate of drug-likeness (QED) is 0.481. The molecular weight excluding hydrogens is 239 g/mol. The Hall–Kier alpha value is -0.160. The van der Waals surface area contributed by atoms with Crippen molar-refractivity contribution < 1.29 is 38.4 Å². The second-order valence-electron chi connectivity index (χ2n) is 1.23. The zero-order valence-electron chi connectivity index (χ0n) is 5.02. The molecule has 0 rings (SSSR count). The van der Waals surface area contributed by atoms with Gasteiger partial charge in [0.25, 0.3) is 0 Å². The Kier molecular flexibility index (Phi) is 3.65. The van der Waals surface area contributed by atoms with E-state index >= 15 is 0 Å². The maximum atomic E-state index is 10.1. The molecule has 0 spiro atoms. The Morgan fingerprint density at radius 3 is 1.33 bits per heavy atom. The van der Waals surface area contributed by atoms with Crippen molar-refractivity contribution in [2.75, 3.05) is 0 Å². The van der Waals surface area contributed by atoms with Crippen molar-refractivity contribution in [3.8, 4) is 0 Å². The first-order valence-electron chi connectivity index (χ1n) is 1.91. The third kappa shape index (κ3) is 7.94. The average Bonchev–Trinajstić information content (AvgIpc) is 1.49. The van der Waals surface area contributed by atoms with Gasteiger partial charge in [-0.1, -0.05) is 0 Å². The van der Waals surface area contributed by atoms with Gasteiger partial charge in [0.15, 0.2) is 0 Å². The normalized spacial score (nSPS) is 12.8. The van der Waals surface area contributed by atoms with E-state index in [0.717, 1.165) is 0 Å². The maximum Gasteiger partial charge on any atom is 0.735 e. The van der Waals surface area contributed by atoms with Crippen LogP contribution in [-0.2, 0) is 33.3 Å². The minimum atomic E-state index is -5.08. The van der Waals surface area contributed by atoms with Crippen LogP contribution in [0.3, 0.4) is 0 Å². The van der Waals surface area contributed by atoms with Gasteiger partial charge in [-0.25, -0.2) is 0 Å². The maximum absolute atomic E-state index is 10.1. The lowest BCUT2D eigenvalue weighted by Gasteiger charge is -1.82. The lowest BCUT2D eigenvalue weighted by atomic mass is 15.7. The van der Waals surface area contributed by atoms with Crippen LogP contribution < -0.4 is 0 Å². The van der Waals surface area contributed by atoms with Crippen molar-refractivity contribution in [1.82, 2.24) is 0 Å². The summed E-state index contributed by atoms with van der Waals surface area (Å²) in [6.07, 6.45) is 0. The summed E-state index contributed by atoms with van der Waals surface area (Å²) in [4.78, 5) is 0. The van der Waals surface area contributed by atoms with Crippen molar-refractivity contribution in [1.29, 1.82) is 0 Å². The van der Waals surface area contributed by atoms with Crippen molar-refractivity contribution >= 4 is 29.1 Å². The molecule has 0 aromatic heterocycles. The molecule has 0 aromatic carbocycles. The van der Waals surface area contributed by atoms with Gasteiger partial charge >= 0.3 is 29.1 Å². The standard InChI is InChI=1S/HO9PS2/c1-10(8-11(2,3)4)9-12(5,6)7/h(H-,2,3,4,5,6,7)/p+1. The van der Waals surface area contributed by atoms with E-state index in [2.05, 4.69) is 7.94 Å². The molecule has 0 fully saturated rings. The van der Waals surface area contributed by atoms with Crippen LogP contribution in [-0.4, -0.2) is 25.9 Å². The molecule has 0 aliphatic rings. The fourth-order valence-electron chi connectivity index (χ4n) is 0.166. The summed E-state index contributed by atoms with van der Waals surface area (Å²) >= 11 is 0. The molecule has 12 heavy (non-hydrogen) atoms. The molecule has 0 aromatic rings. The highest BCUT2D eigenvalue weighted by molar-refractivity contribution is 7.87. The Morgan fingerprint density at radius 1 is 0.917 bits per heavy atom. The van der Waals surface area contributed by atoms with E-state index in [1.807, 2.05) is 0 Å². The van der Waals surface area contributed by atoms with Gasteiger partial charge in [0.05, 0.1) is 0 Å². The predicted octanol–water partition coefficient (Wildman–Crippen LogP) is -0.717. The predicted molar refractivity (Wildman–Crippen MR) is 32.9 cm³/mol. The van der Waals surface area contributed by atoms with Crippen LogP contribution in [0.15, 0.2) is 0 Å². The Morgan fingerprint density at radius 2 is 1.17 bits per heavy atom. The SMILES string of the molecule is O=[P+](OS(=O)(=O)O)OS(=O)(=O)O. The first-order valence-corrected chi connectivity index (χ1v) is 5.74. The smallest absolute Gasteiger partial charge is 0.261 e. The Bertz CT molecular complexity index is 319. The number of hydrogen-bond donors (Lipinski definition) is 2. The third-order valence-electron chi connectivity index (χ3n) is 0.310. The Balaban J connectivity index is 4.30. The molecule has 72 valence electrons. The van der Waals surface area contributed by atoms with Gasteiger partial charge in [-0.05, 0) is 0 Å². The lowest BCUT2D eigenvalue weighted by molar-refractivity contribution is 0.339. The van der Waals surface area contributed by atoms with Gasteiger partial charge in [0.1, 0.15) is 0 Å². The summed E-state index contributed by atoms with van der Waals surface area (Å²) in [5.74, 6) is 0. The second kappa shape index (κ2) is 3.70. The fraction of sp³-hybridized carbons (Fsp3) is 0. The van der Waals surface area contributed by atoms with Gasteiger partial charge in [-0.2, -0.15) is 16.8 Å². The molecule has 12 heteroatoms. The summed E-state index contributed by atoms with van der Waals surface area (Å²) in [6.45, 7) is 0. The summed E-state index contributed by atoms with van der Waals surface area (Å²) < 4.78 is 70.8. The molecule has 0 aliphatic heterocycles. The Labute approximate surface area is 68.2 Å². The summed E-state index contributed by atoms with van der Waals surface area (Å²) in [5, 5.41) is 0. The van der Waals surface area contributed by atoms with Gasteiger partial charge in [0, 0.05) is 12.5 Å². The van der Waals surface area contributed by atoms with Crippen LogP contribution in [0.1, 0.15) is 0 Å². The van der Waals surface area contributed by atoms with Crippen LogP contribution in [0.2, 0.25) is 0 Å². The van der Waals surface area contributed by atoms with E-state index in [0.29, 0.717) is 0 Å². The van der Waals surface area contributed by atoms with Crippen molar-refractivity contribution in [2.24, 2.45) is 0 Å². The molecular formula is H2O9PS2+. The molecule has 0 saturated heterocycles. The van der Waals surface area contributed by atoms with E-state index in [-0.39, 0.29) is 0 Å². The topological polar surface area (TPSA) is 144 Å². The molecule has 0 unspecified atom stereocenters. The fourth-order valence-corrected chi connectivity index (χ4v) is 1.72. The second-order valence-corrected chi connectivity index (χ2v) is 4.58. The molecule has 2 N–H and O–H groups in total. The zero-order chi connectivity index (χ0) is 9.99. The van der Waals surface area contributed by atoms with Crippen LogP contribution in [0, 0.1) is 0 Å². The van der Waals surface area contributed by atoms with Crippen LogP contribution >= 0.6 is 8.25 Å². The van der Waals surface area contributed by atoms with Crippen LogP contribution in [0.4, 0.5) is 0 Å². The molecule has 0 saturated carbocycles. The van der Waals surface area contributed by atoms with E-state index in [4.69, 9.17) is 9.11 Å². The van der Waals surface area contributed by atoms with E-state index in [1.54, 1.807) is 0 Å². The minimum Gasteiger partial charge on any atom is -0.261 e. The zero-order valence-corrected chi connectivity index (χ0v) is 7.54. The molecule has 9 nitrogen and oxygen atoms in total. The monoisotopic (exact) mass is 241 g/mol. The number of hydrogen-bond acceptors (Lipinski definition) is 7. The molecule has 0 amide bonds. The average molecular weight is 241 g/mol. The van der Waals surface area contributed by atoms with Gasteiger partial charge in [-0.3, -0.25) is 9.11 Å². The highest BCUT2D eigenvalue weighted by Crippen LogP contribution is 2.27. The molecule has 0 atom stereocenters. The summed E-state index contributed by atoms with van der Waals surface area (Å²) in [6, 6.07) is 0. The van der Waals surface area contributed by atoms with Crippen LogP contribution in [0.5, 0.6) is 0 Å². The van der Waals surface area contributed by atoms with Crippen molar-refractivity contribution in [2.45, 2.75) is 0 Å². The summed E-state index contributed by atoms with van der Waals surface area (Å²) in [5.41, 5.74) is 0. The lowest BCUT2D eigenvalue weighted by Crippen LogP contribution is -2.02. The van der Waals surface area contributed by atoms with E-state index in [1.165, 1.54) is 0 Å². The molecule has 0 aliphatic carbocycles. The van der Waals surface area contributed by atoms with E-state index in [9.17, 15) is 21.4 Å². The minimum absolute atomic E-state index is 3.09. The first kappa shape index (κ1) is 11.8. The van der Waals surface area contributed by atoms with Gasteiger partial charge < -0.3 is 0 Å². The third-order valence-corrected chi connectivity index (χ3v) is 2.79.